The van der Waals surface area contributed by atoms with Crippen LogP contribution in [0.15, 0.2) is 30.5 Å². The van der Waals surface area contributed by atoms with E-state index in [1.165, 1.54) is 12.1 Å². The van der Waals surface area contributed by atoms with E-state index in [-0.39, 0.29) is 17.8 Å². The van der Waals surface area contributed by atoms with Crippen LogP contribution in [-0.4, -0.2) is 40.8 Å². The van der Waals surface area contributed by atoms with Crippen LogP contribution >= 0.6 is 0 Å². The van der Waals surface area contributed by atoms with E-state index < -0.39 is 11.8 Å². The highest BCUT2D eigenvalue weighted by atomic mass is 19.1. The Labute approximate surface area is 170 Å². The molecular weight excluding hydrogens is 369 g/mol. The second-order valence-corrected chi connectivity index (χ2v) is 8.56. The molecule has 6 heteroatoms. The van der Waals surface area contributed by atoms with Gasteiger partial charge in [-0.15, -0.1) is 0 Å². The van der Waals surface area contributed by atoms with E-state index in [0.717, 1.165) is 55.0 Å². The number of piperidine rings is 1. The lowest BCUT2D eigenvalue weighted by molar-refractivity contribution is -0.147. The molecule has 1 saturated carbocycles. The molecule has 1 aromatic carbocycles. The summed E-state index contributed by atoms with van der Waals surface area (Å²) in [6.45, 7) is 3.31. The number of amides is 2. The normalized spacial score (nSPS) is 23.2. The summed E-state index contributed by atoms with van der Waals surface area (Å²) in [7, 11) is 0. The summed E-state index contributed by atoms with van der Waals surface area (Å²) in [6.07, 6.45) is 7.38. The molecule has 1 aromatic heterocycles. The quantitative estimate of drug-likeness (QED) is 0.785. The number of rotatable bonds is 2. The van der Waals surface area contributed by atoms with Crippen LogP contribution in [0.1, 0.15) is 56.9 Å². The van der Waals surface area contributed by atoms with Crippen LogP contribution < -0.4 is 5.32 Å². The average molecular weight is 397 g/mol. The van der Waals surface area contributed by atoms with E-state index in [2.05, 4.69) is 17.2 Å². The smallest absolute Gasteiger partial charge is 0.311 e. The maximum atomic E-state index is 13.7. The standard InChI is InChI=1S/C23H28FN3O2/c1-15-2-5-18(6-3-15)26-22(28)23(29)27-12-9-16(10-13-27)19-8-11-25-21-7-4-17(24)14-20(19)21/h4,7-8,11,14-16,18H,2-3,5-6,9-10,12-13H2,1H3,(H,26,28). The second-order valence-electron chi connectivity index (χ2n) is 8.56. The predicted octanol–water partition coefficient (Wildman–Crippen LogP) is 3.77. The number of benzene rings is 1. The molecule has 2 fully saturated rings. The lowest BCUT2D eigenvalue weighted by Gasteiger charge is -2.33. The molecule has 5 nitrogen and oxygen atoms in total. The molecule has 2 amide bonds. The minimum absolute atomic E-state index is 0.123. The van der Waals surface area contributed by atoms with Crippen LogP contribution in [0.5, 0.6) is 0 Å². The predicted molar refractivity (Wildman–Crippen MR) is 110 cm³/mol. The van der Waals surface area contributed by atoms with Gasteiger partial charge >= 0.3 is 11.8 Å². The van der Waals surface area contributed by atoms with Crippen molar-refractivity contribution in [3.8, 4) is 0 Å². The SMILES string of the molecule is CC1CCC(NC(=O)C(=O)N2CCC(c3ccnc4ccc(F)cc34)CC2)CC1. The summed E-state index contributed by atoms with van der Waals surface area (Å²) in [6, 6.07) is 6.72. The molecule has 1 aliphatic carbocycles. The number of carbonyl (C=O) groups is 2. The highest BCUT2D eigenvalue weighted by Gasteiger charge is 2.30. The lowest BCUT2D eigenvalue weighted by atomic mass is 9.87. The number of hydrogen-bond acceptors (Lipinski definition) is 3. The monoisotopic (exact) mass is 397 g/mol. The summed E-state index contributed by atoms with van der Waals surface area (Å²) in [5.74, 6) is -0.231. The van der Waals surface area contributed by atoms with Crippen molar-refractivity contribution in [2.45, 2.75) is 57.4 Å². The van der Waals surface area contributed by atoms with Crippen molar-refractivity contribution in [2.24, 2.45) is 5.92 Å². The van der Waals surface area contributed by atoms with Crippen LogP contribution in [0.25, 0.3) is 10.9 Å². The number of fused-ring (bicyclic) bond motifs is 1. The summed E-state index contributed by atoms with van der Waals surface area (Å²) in [5.41, 5.74) is 1.85. The van der Waals surface area contributed by atoms with E-state index in [4.69, 9.17) is 0 Å². The Hall–Kier alpha value is -2.50. The molecule has 0 bridgehead atoms. The van der Waals surface area contributed by atoms with Crippen LogP contribution in [0.4, 0.5) is 4.39 Å². The molecule has 2 aromatic rings. The number of pyridine rings is 1. The molecular formula is C23H28FN3O2. The maximum Gasteiger partial charge on any atom is 0.311 e. The van der Waals surface area contributed by atoms with Crippen molar-refractivity contribution in [3.05, 3.63) is 41.8 Å². The number of likely N-dealkylation sites (tertiary alicyclic amines) is 1. The van der Waals surface area contributed by atoms with Crippen molar-refractivity contribution in [3.63, 3.8) is 0 Å². The van der Waals surface area contributed by atoms with E-state index in [0.29, 0.717) is 19.0 Å². The number of carbonyl (C=O) groups excluding carboxylic acids is 2. The van der Waals surface area contributed by atoms with Crippen molar-refractivity contribution >= 4 is 22.7 Å². The molecule has 1 N–H and O–H groups in total. The molecule has 0 unspecified atom stereocenters. The number of halogens is 1. The van der Waals surface area contributed by atoms with Gasteiger partial charge in [0.1, 0.15) is 5.82 Å². The molecule has 1 saturated heterocycles. The van der Waals surface area contributed by atoms with Gasteiger partial charge in [0.2, 0.25) is 0 Å². The highest BCUT2D eigenvalue weighted by molar-refractivity contribution is 6.35. The van der Waals surface area contributed by atoms with Gasteiger partial charge < -0.3 is 10.2 Å². The summed E-state index contributed by atoms with van der Waals surface area (Å²) in [5, 5.41) is 3.76. The Balaban J connectivity index is 1.36. The molecule has 0 spiro atoms. The minimum atomic E-state index is -0.473. The molecule has 1 aliphatic heterocycles. The number of hydrogen-bond donors (Lipinski definition) is 1. The molecule has 2 aliphatic rings. The van der Waals surface area contributed by atoms with Crippen LogP contribution in [0.3, 0.4) is 0 Å². The van der Waals surface area contributed by atoms with Crippen LogP contribution in [-0.2, 0) is 9.59 Å². The highest BCUT2D eigenvalue weighted by Crippen LogP contribution is 2.33. The zero-order chi connectivity index (χ0) is 20.4. The van der Waals surface area contributed by atoms with Crippen molar-refractivity contribution in [1.82, 2.24) is 15.2 Å². The molecule has 4 rings (SSSR count). The van der Waals surface area contributed by atoms with Crippen LogP contribution in [0, 0.1) is 11.7 Å². The fraction of sp³-hybridized carbons (Fsp3) is 0.522. The average Bonchev–Trinajstić information content (AvgIpc) is 2.74. The number of nitrogens with zero attached hydrogens (tertiary/aromatic N) is 2. The Morgan fingerprint density at radius 2 is 1.79 bits per heavy atom. The molecule has 29 heavy (non-hydrogen) atoms. The van der Waals surface area contributed by atoms with E-state index in [1.807, 2.05) is 6.07 Å². The number of nitrogens with one attached hydrogen (secondary N) is 1. The van der Waals surface area contributed by atoms with Crippen molar-refractivity contribution in [1.29, 1.82) is 0 Å². The van der Waals surface area contributed by atoms with E-state index in [9.17, 15) is 14.0 Å². The molecule has 0 atom stereocenters. The first-order valence-corrected chi connectivity index (χ1v) is 10.6. The lowest BCUT2D eigenvalue weighted by Crippen LogP contribution is -2.49. The largest absolute Gasteiger partial charge is 0.345 e. The van der Waals surface area contributed by atoms with Gasteiger partial charge in [-0.05, 0) is 80.2 Å². The van der Waals surface area contributed by atoms with Gasteiger partial charge in [0.25, 0.3) is 0 Å². The van der Waals surface area contributed by atoms with Gasteiger partial charge in [-0.2, -0.15) is 0 Å². The first-order chi connectivity index (χ1) is 14.0. The van der Waals surface area contributed by atoms with Gasteiger partial charge in [-0.25, -0.2) is 4.39 Å². The zero-order valence-corrected chi connectivity index (χ0v) is 16.9. The summed E-state index contributed by atoms with van der Waals surface area (Å²) < 4.78 is 13.7. The fourth-order valence-corrected chi connectivity index (χ4v) is 4.68. The minimum Gasteiger partial charge on any atom is -0.345 e. The third kappa shape index (κ3) is 4.41. The van der Waals surface area contributed by atoms with Crippen LogP contribution in [0.2, 0.25) is 0 Å². The van der Waals surface area contributed by atoms with Crippen molar-refractivity contribution in [2.75, 3.05) is 13.1 Å². The van der Waals surface area contributed by atoms with Crippen molar-refractivity contribution < 1.29 is 14.0 Å². The second kappa shape index (κ2) is 8.47. The Morgan fingerprint density at radius 3 is 2.52 bits per heavy atom. The summed E-state index contributed by atoms with van der Waals surface area (Å²) >= 11 is 0. The van der Waals surface area contributed by atoms with Gasteiger partial charge in [0, 0.05) is 30.7 Å². The zero-order valence-electron chi connectivity index (χ0n) is 16.9. The Bertz CT molecular complexity index is 900. The third-order valence-corrected chi connectivity index (χ3v) is 6.50. The molecule has 2 heterocycles. The first-order valence-electron chi connectivity index (χ1n) is 10.6. The third-order valence-electron chi connectivity index (χ3n) is 6.50. The topological polar surface area (TPSA) is 62.3 Å². The fourth-order valence-electron chi connectivity index (χ4n) is 4.68. The number of aromatic nitrogens is 1. The Morgan fingerprint density at radius 1 is 1.07 bits per heavy atom. The first kappa shape index (κ1) is 19.8. The summed E-state index contributed by atoms with van der Waals surface area (Å²) in [4.78, 5) is 31.0. The molecule has 154 valence electrons. The maximum absolute atomic E-state index is 13.7. The van der Waals surface area contributed by atoms with Gasteiger partial charge in [0.15, 0.2) is 0 Å². The van der Waals surface area contributed by atoms with E-state index in [1.54, 1.807) is 17.2 Å². The van der Waals surface area contributed by atoms with Gasteiger partial charge in [0.05, 0.1) is 5.52 Å². The van der Waals surface area contributed by atoms with E-state index >= 15 is 0 Å². The Kier molecular flexibility index (Phi) is 5.79. The van der Waals surface area contributed by atoms with Gasteiger partial charge in [-0.3, -0.25) is 14.6 Å². The molecule has 0 radical (unpaired) electrons. The van der Waals surface area contributed by atoms with Gasteiger partial charge in [-0.1, -0.05) is 6.92 Å².